The van der Waals surface area contributed by atoms with E-state index in [1.54, 1.807) is 22.9 Å². The number of benzene rings is 1. The molecule has 0 bridgehead atoms. The van der Waals surface area contributed by atoms with Crippen molar-refractivity contribution >= 4 is 11.6 Å². The van der Waals surface area contributed by atoms with Crippen LogP contribution in [0.3, 0.4) is 0 Å². The van der Waals surface area contributed by atoms with E-state index in [1.165, 1.54) is 6.07 Å². The van der Waals surface area contributed by atoms with Crippen molar-refractivity contribution in [3.05, 3.63) is 48.3 Å². The average Bonchev–Trinajstić information content (AvgIpc) is 3.00. The predicted molar refractivity (Wildman–Crippen MR) is 89.9 cm³/mol. The summed E-state index contributed by atoms with van der Waals surface area (Å²) in [7, 11) is 0. The number of carbonyl (C=O) groups is 1. The van der Waals surface area contributed by atoms with E-state index in [9.17, 15) is 4.79 Å². The van der Waals surface area contributed by atoms with Crippen LogP contribution in [0.15, 0.2) is 42.7 Å². The fourth-order valence-electron chi connectivity index (χ4n) is 2.47. The molecule has 0 fully saturated rings. The first-order chi connectivity index (χ1) is 11.6. The highest BCUT2D eigenvalue weighted by atomic mass is 16.5. The fraction of sp³-hybridized carbons (Fsp3) is 0.222. The van der Waals surface area contributed by atoms with E-state index >= 15 is 0 Å². The Morgan fingerprint density at radius 2 is 1.83 bits per heavy atom. The minimum Gasteiger partial charge on any atom is -0.490 e. The predicted octanol–water partition coefficient (Wildman–Crippen LogP) is 3.50. The molecule has 0 amide bonds. The van der Waals surface area contributed by atoms with Crippen molar-refractivity contribution in [2.24, 2.45) is 0 Å². The van der Waals surface area contributed by atoms with Crippen molar-refractivity contribution in [3.63, 3.8) is 0 Å². The van der Waals surface area contributed by atoms with Crippen molar-refractivity contribution in [1.82, 2.24) is 9.38 Å². The molecule has 0 saturated heterocycles. The number of hydrogen-bond donors (Lipinski definition) is 1. The van der Waals surface area contributed by atoms with Gasteiger partial charge in [0.1, 0.15) is 5.65 Å². The Kier molecular flexibility index (Phi) is 4.37. The molecule has 6 nitrogen and oxygen atoms in total. The zero-order valence-electron chi connectivity index (χ0n) is 13.5. The van der Waals surface area contributed by atoms with Crippen LogP contribution < -0.4 is 9.47 Å². The molecule has 2 aromatic heterocycles. The second kappa shape index (κ2) is 6.62. The van der Waals surface area contributed by atoms with Crippen LogP contribution >= 0.6 is 0 Å². The van der Waals surface area contributed by atoms with Gasteiger partial charge in [0.05, 0.1) is 24.5 Å². The van der Waals surface area contributed by atoms with E-state index in [-0.39, 0.29) is 5.56 Å². The Morgan fingerprint density at radius 1 is 1.08 bits per heavy atom. The smallest absolute Gasteiger partial charge is 0.337 e. The van der Waals surface area contributed by atoms with Gasteiger partial charge >= 0.3 is 5.97 Å². The summed E-state index contributed by atoms with van der Waals surface area (Å²) in [6.45, 7) is 4.94. The van der Waals surface area contributed by atoms with Gasteiger partial charge in [0.2, 0.25) is 0 Å². The maximum atomic E-state index is 11.1. The lowest BCUT2D eigenvalue weighted by atomic mass is 10.1. The van der Waals surface area contributed by atoms with Gasteiger partial charge in [-0.2, -0.15) is 0 Å². The third-order valence-corrected chi connectivity index (χ3v) is 3.54. The minimum atomic E-state index is -0.966. The first-order valence-corrected chi connectivity index (χ1v) is 7.74. The Balaban J connectivity index is 2.03. The van der Waals surface area contributed by atoms with Crippen LogP contribution in [0, 0.1) is 0 Å². The van der Waals surface area contributed by atoms with E-state index in [4.69, 9.17) is 14.6 Å². The molecule has 0 aliphatic rings. The molecule has 6 heteroatoms. The van der Waals surface area contributed by atoms with Crippen LogP contribution in [0.1, 0.15) is 24.2 Å². The molecule has 124 valence electrons. The number of rotatable bonds is 6. The summed E-state index contributed by atoms with van der Waals surface area (Å²) in [6, 6.07) is 8.88. The molecule has 3 rings (SSSR count). The second-order valence-electron chi connectivity index (χ2n) is 5.14. The van der Waals surface area contributed by atoms with Crippen molar-refractivity contribution < 1.29 is 19.4 Å². The molecule has 0 aliphatic heterocycles. The Morgan fingerprint density at radius 3 is 2.54 bits per heavy atom. The van der Waals surface area contributed by atoms with Crippen LogP contribution in [0.25, 0.3) is 16.9 Å². The summed E-state index contributed by atoms with van der Waals surface area (Å²) < 4.78 is 12.9. The molecule has 0 radical (unpaired) electrons. The summed E-state index contributed by atoms with van der Waals surface area (Å²) in [5, 5.41) is 9.08. The highest BCUT2D eigenvalue weighted by Gasteiger charge is 2.11. The third-order valence-electron chi connectivity index (χ3n) is 3.54. The van der Waals surface area contributed by atoms with Crippen molar-refractivity contribution in [3.8, 4) is 22.8 Å². The average molecular weight is 326 g/mol. The number of aromatic nitrogens is 2. The summed E-state index contributed by atoms with van der Waals surface area (Å²) in [5.74, 6) is 0.395. The Bertz CT molecular complexity index is 886. The van der Waals surface area contributed by atoms with Crippen LogP contribution in [0.4, 0.5) is 0 Å². The number of carboxylic acids is 1. The van der Waals surface area contributed by atoms with Crippen LogP contribution in [-0.2, 0) is 0 Å². The lowest BCUT2D eigenvalue weighted by molar-refractivity contribution is 0.0696. The fourth-order valence-corrected chi connectivity index (χ4v) is 2.47. The van der Waals surface area contributed by atoms with Gasteiger partial charge < -0.3 is 19.0 Å². The number of fused-ring (bicyclic) bond motifs is 1. The topological polar surface area (TPSA) is 73.1 Å². The summed E-state index contributed by atoms with van der Waals surface area (Å²) >= 11 is 0. The molecule has 0 unspecified atom stereocenters. The van der Waals surface area contributed by atoms with Crippen molar-refractivity contribution in [1.29, 1.82) is 0 Å². The molecular formula is C18H18N2O4. The molecule has 24 heavy (non-hydrogen) atoms. The largest absolute Gasteiger partial charge is 0.490 e. The number of hydrogen-bond acceptors (Lipinski definition) is 4. The second-order valence-corrected chi connectivity index (χ2v) is 5.14. The number of carboxylic acid groups (broad SMARTS) is 1. The first-order valence-electron chi connectivity index (χ1n) is 7.74. The van der Waals surface area contributed by atoms with E-state index in [0.717, 1.165) is 11.3 Å². The zero-order valence-corrected chi connectivity index (χ0v) is 13.5. The molecule has 3 aromatic rings. The maximum Gasteiger partial charge on any atom is 0.337 e. The lowest BCUT2D eigenvalue weighted by Gasteiger charge is -2.11. The van der Waals surface area contributed by atoms with Gasteiger partial charge in [-0.05, 0) is 44.2 Å². The van der Waals surface area contributed by atoms with E-state index in [0.29, 0.717) is 30.4 Å². The molecule has 0 atom stereocenters. The van der Waals surface area contributed by atoms with Gasteiger partial charge in [-0.25, -0.2) is 9.78 Å². The van der Waals surface area contributed by atoms with Gasteiger partial charge in [0.15, 0.2) is 11.5 Å². The normalized spacial score (nSPS) is 10.8. The minimum absolute atomic E-state index is 0.216. The summed E-state index contributed by atoms with van der Waals surface area (Å²) in [4.78, 5) is 15.6. The zero-order chi connectivity index (χ0) is 17.1. The van der Waals surface area contributed by atoms with Crippen molar-refractivity contribution in [2.75, 3.05) is 13.2 Å². The van der Waals surface area contributed by atoms with Gasteiger partial charge in [-0.1, -0.05) is 0 Å². The van der Waals surface area contributed by atoms with Crippen LogP contribution in [-0.4, -0.2) is 33.7 Å². The Labute approximate surface area is 139 Å². The number of nitrogens with zero attached hydrogens (tertiary/aromatic N) is 2. The lowest BCUT2D eigenvalue weighted by Crippen LogP contribution is -1.98. The third kappa shape index (κ3) is 3.03. The molecule has 2 heterocycles. The SMILES string of the molecule is CCOc1ccc(-c2cn3cc(C(=O)O)ccc3n2)cc1OCC. The van der Waals surface area contributed by atoms with E-state index in [2.05, 4.69) is 4.98 Å². The number of aromatic carboxylic acids is 1. The highest BCUT2D eigenvalue weighted by Crippen LogP contribution is 2.32. The monoisotopic (exact) mass is 326 g/mol. The van der Waals surface area contributed by atoms with Gasteiger partial charge in [-0.3, -0.25) is 0 Å². The van der Waals surface area contributed by atoms with Gasteiger partial charge in [-0.15, -0.1) is 0 Å². The molecule has 0 spiro atoms. The molecular weight excluding hydrogens is 308 g/mol. The quantitative estimate of drug-likeness (QED) is 0.750. The maximum absolute atomic E-state index is 11.1. The van der Waals surface area contributed by atoms with E-state index < -0.39 is 5.97 Å². The van der Waals surface area contributed by atoms with Crippen LogP contribution in [0.2, 0.25) is 0 Å². The van der Waals surface area contributed by atoms with E-state index in [1.807, 2.05) is 32.0 Å². The van der Waals surface area contributed by atoms with Gasteiger partial charge in [0.25, 0.3) is 0 Å². The van der Waals surface area contributed by atoms with Crippen molar-refractivity contribution in [2.45, 2.75) is 13.8 Å². The number of imidazole rings is 1. The summed E-state index contributed by atoms with van der Waals surface area (Å²) in [5.41, 5.74) is 2.51. The van der Waals surface area contributed by atoms with Crippen LogP contribution in [0.5, 0.6) is 11.5 Å². The molecule has 0 aliphatic carbocycles. The standard InChI is InChI=1S/C18H18N2O4/c1-3-23-15-7-5-12(9-16(15)24-4-2)14-11-20-10-13(18(21)22)6-8-17(20)19-14/h5-11H,3-4H2,1-2H3,(H,21,22). The Hall–Kier alpha value is -3.02. The highest BCUT2D eigenvalue weighted by molar-refractivity contribution is 5.87. The molecule has 1 aromatic carbocycles. The summed E-state index contributed by atoms with van der Waals surface area (Å²) in [6.07, 6.45) is 3.35. The molecule has 1 N–H and O–H groups in total. The van der Waals surface area contributed by atoms with Gasteiger partial charge in [0, 0.05) is 18.0 Å². The number of ether oxygens (including phenoxy) is 2. The molecule has 0 saturated carbocycles. The first kappa shape index (κ1) is 15.9. The number of pyridine rings is 1.